The lowest BCUT2D eigenvalue weighted by atomic mass is 9.92. The van der Waals surface area contributed by atoms with Gasteiger partial charge in [-0.1, -0.05) is 36.4 Å². The van der Waals surface area contributed by atoms with E-state index in [0.717, 1.165) is 27.8 Å². The molecule has 2 aromatic heterocycles. The number of carbonyl (C=O) groups is 1. The fourth-order valence-electron chi connectivity index (χ4n) is 4.01. The molecule has 1 aromatic carbocycles. The quantitative estimate of drug-likeness (QED) is 0.695. The Bertz CT molecular complexity index is 1190. The second-order valence-corrected chi connectivity index (χ2v) is 7.15. The topological polar surface area (TPSA) is 61.2 Å². The first-order valence-corrected chi connectivity index (χ1v) is 9.25. The Kier molecular flexibility index (Phi) is 3.76. The Labute approximate surface area is 161 Å². The van der Waals surface area contributed by atoms with Crippen LogP contribution in [0.3, 0.4) is 0 Å². The van der Waals surface area contributed by atoms with Crippen molar-refractivity contribution in [2.75, 3.05) is 0 Å². The highest BCUT2D eigenvalue weighted by Gasteiger charge is 2.32. The summed E-state index contributed by atoms with van der Waals surface area (Å²) in [5, 5.41) is 0. The highest BCUT2D eigenvalue weighted by Crippen LogP contribution is 2.42. The van der Waals surface area contributed by atoms with Gasteiger partial charge in [0.1, 0.15) is 5.75 Å². The third kappa shape index (κ3) is 2.51. The molecule has 5 rings (SSSR count). The summed E-state index contributed by atoms with van der Waals surface area (Å²) in [5.74, 6) is 0.688. The Hall–Kier alpha value is -3.47. The van der Waals surface area contributed by atoms with E-state index in [2.05, 4.69) is 4.98 Å². The Morgan fingerprint density at radius 2 is 2.00 bits per heavy atom. The van der Waals surface area contributed by atoms with Crippen molar-refractivity contribution in [1.29, 1.82) is 0 Å². The molecule has 5 heteroatoms. The molecule has 0 saturated heterocycles. The Morgan fingerprint density at radius 1 is 1.11 bits per heavy atom. The zero-order chi connectivity index (χ0) is 19.3. The van der Waals surface area contributed by atoms with Crippen molar-refractivity contribution in [3.05, 3.63) is 87.6 Å². The van der Waals surface area contributed by atoms with E-state index in [9.17, 15) is 9.59 Å². The van der Waals surface area contributed by atoms with E-state index in [1.54, 1.807) is 17.8 Å². The van der Waals surface area contributed by atoms with E-state index in [-0.39, 0.29) is 11.3 Å². The number of hydrogen-bond donors (Lipinski definition) is 0. The monoisotopic (exact) mass is 370 g/mol. The van der Waals surface area contributed by atoms with Gasteiger partial charge in [0.2, 0.25) is 0 Å². The van der Waals surface area contributed by atoms with Gasteiger partial charge in [-0.3, -0.25) is 14.6 Å². The van der Waals surface area contributed by atoms with Crippen LogP contribution in [0.2, 0.25) is 0 Å². The van der Waals surface area contributed by atoms with Gasteiger partial charge in [-0.05, 0) is 24.1 Å². The number of ketones is 1. The number of aromatic nitrogens is 2. The van der Waals surface area contributed by atoms with Gasteiger partial charge in [-0.15, -0.1) is 0 Å². The first-order chi connectivity index (χ1) is 13.6. The van der Waals surface area contributed by atoms with Crippen molar-refractivity contribution in [2.45, 2.75) is 18.9 Å². The maximum atomic E-state index is 12.7. The van der Waals surface area contributed by atoms with E-state index in [0.29, 0.717) is 24.3 Å². The molecule has 1 atom stereocenters. The van der Waals surface area contributed by atoms with Gasteiger partial charge < -0.3 is 9.30 Å². The van der Waals surface area contributed by atoms with Crippen LogP contribution in [0.5, 0.6) is 5.75 Å². The number of ether oxygens (including phenoxy) is 1. The lowest BCUT2D eigenvalue weighted by Gasteiger charge is -2.27. The van der Waals surface area contributed by atoms with Crippen molar-refractivity contribution in [1.82, 2.24) is 9.55 Å². The predicted molar refractivity (Wildman–Crippen MR) is 106 cm³/mol. The normalized spacial score (nSPS) is 17.2. The van der Waals surface area contributed by atoms with Gasteiger partial charge in [0.15, 0.2) is 11.9 Å². The van der Waals surface area contributed by atoms with Gasteiger partial charge in [-0.25, -0.2) is 0 Å². The summed E-state index contributed by atoms with van der Waals surface area (Å²) in [6, 6.07) is 11.3. The minimum atomic E-state index is -0.717. The van der Waals surface area contributed by atoms with Gasteiger partial charge in [0, 0.05) is 48.1 Å². The first kappa shape index (κ1) is 16.7. The van der Waals surface area contributed by atoms with Gasteiger partial charge >= 0.3 is 0 Å². The molecule has 2 aliphatic rings. The lowest BCUT2D eigenvalue weighted by molar-refractivity contribution is -0.126. The standard InChI is InChI=1S/C23H18N2O3/c1-25-13-18(15-7-5-9-17(15)23(25)27)16-8-4-6-14-12-20(26)22(28-21(14)16)19-10-2-3-11-24-19/h2-8,10-11,13,22H,9,12H2,1H3. The van der Waals surface area contributed by atoms with Crippen LogP contribution in [-0.2, 0) is 24.7 Å². The van der Waals surface area contributed by atoms with Gasteiger partial charge in [-0.2, -0.15) is 0 Å². The van der Waals surface area contributed by atoms with Crippen molar-refractivity contribution < 1.29 is 9.53 Å². The first-order valence-electron chi connectivity index (χ1n) is 9.25. The molecule has 1 aliphatic carbocycles. The number of pyridine rings is 2. The highest BCUT2D eigenvalue weighted by atomic mass is 16.5. The molecule has 3 aromatic rings. The van der Waals surface area contributed by atoms with Crippen LogP contribution in [0.25, 0.3) is 17.2 Å². The van der Waals surface area contributed by atoms with Crippen LogP contribution in [0.1, 0.15) is 28.5 Å². The minimum absolute atomic E-state index is 0.00561. The highest BCUT2D eigenvalue weighted by molar-refractivity contribution is 5.91. The number of nitrogens with zero attached hydrogens (tertiary/aromatic N) is 2. The van der Waals surface area contributed by atoms with E-state index < -0.39 is 6.10 Å². The molecule has 0 radical (unpaired) electrons. The molecule has 0 bridgehead atoms. The summed E-state index contributed by atoms with van der Waals surface area (Å²) in [4.78, 5) is 29.4. The van der Waals surface area contributed by atoms with Crippen molar-refractivity contribution in [3.8, 4) is 16.9 Å². The maximum absolute atomic E-state index is 12.7. The number of para-hydroxylation sites is 1. The van der Waals surface area contributed by atoms with Crippen molar-refractivity contribution >= 4 is 11.9 Å². The maximum Gasteiger partial charge on any atom is 0.254 e. The van der Waals surface area contributed by atoms with E-state index in [1.807, 2.05) is 54.7 Å². The third-order valence-corrected chi connectivity index (χ3v) is 5.36. The Balaban J connectivity index is 1.68. The molecule has 0 fully saturated rings. The smallest absolute Gasteiger partial charge is 0.254 e. The zero-order valence-corrected chi connectivity index (χ0v) is 15.4. The molecular formula is C23H18N2O3. The molecule has 0 spiro atoms. The molecular weight excluding hydrogens is 352 g/mol. The number of Topliss-reactive ketones (excluding diaryl/α,β-unsaturated/α-hetero) is 1. The third-order valence-electron chi connectivity index (χ3n) is 5.36. The van der Waals surface area contributed by atoms with Crippen molar-refractivity contribution in [3.63, 3.8) is 0 Å². The average Bonchev–Trinajstić information content (AvgIpc) is 3.21. The molecule has 1 aliphatic heterocycles. The molecule has 28 heavy (non-hydrogen) atoms. The summed E-state index contributed by atoms with van der Waals surface area (Å²) in [6.45, 7) is 0. The number of allylic oxidation sites excluding steroid dienone is 1. The average molecular weight is 370 g/mol. The van der Waals surface area contributed by atoms with Crippen LogP contribution in [0.4, 0.5) is 0 Å². The molecule has 0 saturated carbocycles. The molecule has 3 heterocycles. The molecule has 0 N–H and O–H groups in total. The van der Waals surface area contributed by atoms with E-state index >= 15 is 0 Å². The van der Waals surface area contributed by atoms with Crippen LogP contribution in [0, 0.1) is 0 Å². The summed E-state index contributed by atoms with van der Waals surface area (Å²) in [6.07, 6.45) is 7.74. The lowest BCUT2D eigenvalue weighted by Crippen LogP contribution is -2.27. The number of benzene rings is 1. The molecule has 5 nitrogen and oxygen atoms in total. The minimum Gasteiger partial charge on any atom is -0.475 e. The molecule has 1 unspecified atom stereocenters. The Morgan fingerprint density at radius 3 is 2.82 bits per heavy atom. The predicted octanol–water partition coefficient (Wildman–Crippen LogP) is 3.26. The van der Waals surface area contributed by atoms with Gasteiger partial charge in [0.25, 0.3) is 5.56 Å². The SMILES string of the molecule is Cn1cc(-c2cccc3c2OC(c2ccccn2)C(=O)C3)c2c(c1=O)CC=C2. The number of rotatable bonds is 2. The van der Waals surface area contributed by atoms with Crippen LogP contribution in [-0.4, -0.2) is 15.3 Å². The summed E-state index contributed by atoms with van der Waals surface area (Å²) in [5.41, 5.74) is 5.06. The summed E-state index contributed by atoms with van der Waals surface area (Å²) in [7, 11) is 1.76. The number of fused-ring (bicyclic) bond motifs is 2. The number of aryl methyl sites for hydroxylation is 1. The second-order valence-electron chi connectivity index (χ2n) is 7.15. The zero-order valence-electron chi connectivity index (χ0n) is 15.4. The fourth-order valence-corrected chi connectivity index (χ4v) is 4.01. The molecule has 138 valence electrons. The number of hydrogen-bond acceptors (Lipinski definition) is 4. The van der Waals surface area contributed by atoms with Crippen LogP contribution < -0.4 is 10.3 Å². The largest absolute Gasteiger partial charge is 0.475 e. The van der Waals surface area contributed by atoms with Crippen LogP contribution in [0.15, 0.2) is 59.7 Å². The van der Waals surface area contributed by atoms with Crippen LogP contribution >= 0.6 is 0 Å². The summed E-state index contributed by atoms with van der Waals surface area (Å²) >= 11 is 0. The fraction of sp³-hybridized carbons (Fsp3) is 0.174. The van der Waals surface area contributed by atoms with E-state index in [4.69, 9.17) is 4.74 Å². The number of carbonyl (C=O) groups excluding carboxylic acids is 1. The summed E-state index contributed by atoms with van der Waals surface area (Å²) < 4.78 is 7.84. The van der Waals surface area contributed by atoms with Crippen molar-refractivity contribution in [2.24, 2.45) is 7.05 Å². The second kappa shape index (κ2) is 6.30. The molecule has 0 amide bonds. The van der Waals surface area contributed by atoms with E-state index in [1.165, 1.54) is 0 Å². The van der Waals surface area contributed by atoms with Gasteiger partial charge in [0.05, 0.1) is 5.69 Å².